The molecule has 0 bridgehead atoms. The Morgan fingerprint density at radius 1 is 1.15 bits per heavy atom. The average Bonchev–Trinajstić information content (AvgIpc) is 2.83. The number of carbonyl (C=O) groups is 1. The fourth-order valence-corrected chi connectivity index (χ4v) is 4.13. The molecule has 33 heavy (non-hydrogen) atoms. The van der Waals surface area contributed by atoms with Crippen molar-refractivity contribution in [2.24, 2.45) is 5.16 Å². The molecule has 3 rings (SSSR count). The molecule has 0 aromatic heterocycles. The van der Waals surface area contributed by atoms with Gasteiger partial charge in [0, 0.05) is 17.3 Å². The van der Waals surface area contributed by atoms with Gasteiger partial charge >= 0.3 is 0 Å². The number of hydrogen-bond acceptors (Lipinski definition) is 4. The van der Waals surface area contributed by atoms with E-state index < -0.39 is 0 Å². The quantitative estimate of drug-likeness (QED) is 0.144. The third-order valence-electron chi connectivity index (χ3n) is 5.98. The number of benzene rings is 2. The number of para-hydroxylation sites is 1. The molecule has 0 spiro atoms. The van der Waals surface area contributed by atoms with E-state index in [0.29, 0.717) is 18.4 Å². The summed E-state index contributed by atoms with van der Waals surface area (Å²) in [6, 6.07) is 18.5. The zero-order valence-electron chi connectivity index (χ0n) is 20.4. The highest BCUT2D eigenvalue weighted by molar-refractivity contribution is 6.18. The first-order valence-electron chi connectivity index (χ1n) is 12.1. The van der Waals surface area contributed by atoms with Gasteiger partial charge in [-0.05, 0) is 63.4 Å². The molecule has 0 radical (unpaired) electrons. The minimum atomic E-state index is -0.126. The van der Waals surface area contributed by atoms with E-state index in [1.165, 1.54) is 19.3 Å². The molecule has 176 valence electrons. The smallest absolute Gasteiger partial charge is 0.257 e. The zero-order chi connectivity index (χ0) is 23.6. The van der Waals surface area contributed by atoms with Crippen molar-refractivity contribution in [2.45, 2.75) is 65.5 Å². The summed E-state index contributed by atoms with van der Waals surface area (Å²) in [4.78, 5) is 20.5. The molecule has 5 heteroatoms. The molecule has 1 amide bonds. The second-order valence-corrected chi connectivity index (χ2v) is 8.79. The number of unbranched alkanes of at least 4 members (excludes halogenated alkanes) is 1. The molecule has 1 heterocycles. The minimum Gasteiger partial charge on any atom is -0.396 e. The summed E-state index contributed by atoms with van der Waals surface area (Å²) in [5.41, 5.74) is 4.55. The highest BCUT2D eigenvalue weighted by atomic mass is 16.6. The molecule has 1 saturated heterocycles. The Morgan fingerprint density at radius 3 is 2.61 bits per heavy atom. The van der Waals surface area contributed by atoms with Crippen LogP contribution < -0.4 is 10.2 Å². The van der Waals surface area contributed by atoms with Crippen molar-refractivity contribution in [3.05, 3.63) is 77.4 Å². The van der Waals surface area contributed by atoms with Crippen LogP contribution in [0.25, 0.3) is 0 Å². The Balaban J connectivity index is 1.62. The van der Waals surface area contributed by atoms with Crippen LogP contribution in [0.1, 0.15) is 63.6 Å². The predicted molar refractivity (Wildman–Crippen MR) is 137 cm³/mol. The molecule has 2 atom stereocenters. The number of oxime groups is 1. The second kappa shape index (κ2) is 12.4. The lowest BCUT2D eigenvalue weighted by Gasteiger charge is -2.43. The number of carbonyl (C=O) groups excluding carboxylic acids is 1. The van der Waals surface area contributed by atoms with Crippen molar-refractivity contribution in [3.8, 4) is 0 Å². The second-order valence-electron chi connectivity index (χ2n) is 8.79. The zero-order valence-corrected chi connectivity index (χ0v) is 20.4. The number of rotatable bonds is 12. The number of amides is 1. The summed E-state index contributed by atoms with van der Waals surface area (Å²) in [6.45, 7) is 9.83. The van der Waals surface area contributed by atoms with Crippen molar-refractivity contribution in [2.75, 3.05) is 18.1 Å². The van der Waals surface area contributed by atoms with Crippen molar-refractivity contribution in [3.63, 3.8) is 0 Å². The van der Waals surface area contributed by atoms with Crippen molar-refractivity contribution in [1.82, 2.24) is 5.32 Å². The SMILES string of the molecule is CCCCC(C)NCCCO/N=C(C)/C=C1/C(=O)N(c2ccccc2C)C1c1ccccc1. The Bertz CT molecular complexity index is 968. The summed E-state index contributed by atoms with van der Waals surface area (Å²) in [6.07, 6.45) is 6.45. The van der Waals surface area contributed by atoms with Gasteiger partial charge in [-0.25, -0.2) is 0 Å². The van der Waals surface area contributed by atoms with Crippen LogP contribution in [0.3, 0.4) is 0 Å². The van der Waals surface area contributed by atoms with E-state index >= 15 is 0 Å². The van der Waals surface area contributed by atoms with Crippen LogP contribution in [-0.2, 0) is 9.63 Å². The van der Waals surface area contributed by atoms with Gasteiger partial charge in [0.25, 0.3) is 5.91 Å². The Morgan fingerprint density at radius 2 is 1.88 bits per heavy atom. The third-order valence-corrected chi connectivity index (χ3v) is 5.98. The third kappa shape index (κ3) is 6.55. The van der Waals surface area contributed by atoms with Gasteiger partial charge in [-0.2, -0.15) is 0 Å². The molecular weight excluding hydrogens is 410 g/mol. The summed E-state index contributed by atoms with van der Waals surface area (Å²) in [5.74, 6) is 0.0120. The molecule has 2 aromatic carbocycles. The number of nitrogens with zero attached hydrogens (tertiary/aromatic N) is 2. The molecule has 5 nitrogen and oxygen atoms in total. The lowest BCUT2D eigenvalue weighted by Crippen LogP contribution is -2.49. The van der Waals surface area contributed by atoms with Crippen LogP contribution in [0.4, 0.5) is 5.69 Å². The van der Waals surface area contributed by atoms with Gasteiger partial charge in [-0.15, -0.1) is 0 Å². The summed E-state index contributed by atoms with van der Waals surface area (Å²) >= 11 is 0. The predicted octanol–water partition coefficient (Wildman–Crippen LogP) is 5.96. The molecule has 1 N–H and O–H groups in total. The molecule has 2 unspecified atom stereocenters. The van der Waals surface area contributed by atoms with E-state index in [9.17, 15) is 4.79 Å². The van der Waals surface area contributed by atoms with E-state index in [2.05, 4.69) is 36.5 Å². The van der Waals surface area contributed by atoms with Crippen LogP contribution in [-0.4, -0.2) is 30.8 Å². The molecular formula is C28H37N3O2. The average molecular weight is 448 g/mol. The van der Waals surface area contributed by atoms with Gasteiger partial charge in [-0.1, -0.05) is 73.5 Å². The first kappa shape index (κ1) is 24.7. The Labute approximate surface area is 198 Å². The monoisotopic (exact) mass is 447 g/mol. The molecule has 1 aliphatic rings. The summed E-state index contributed by atoms with van der Waals surface area (Å²) in [7, 11) is 0. The number of aryl methyl sites for hydroxylation is 1. The first-order valence-corrected chi connectivity index (χ1v) is 12.1. The van der Waals surface area contributed by atoms with E-state index in [1.54, 1.807) is 0 Å². The molecule has 1 aliphatic heterocycles. The van der Waals surface area contributed by atoms with Gasteiger partial charge in [0.2, 0.25) is 0 Å². The summed E-state index contributed by atoms with van der Waals surface area (Å²) < 4.78 is 0. The van der Waals surface area contributed by atoms with E-state index in [4.69, 9.17) is 4.84 Å². The van der Waals surface area contributed by atoms with Crippen LogP contribution in [0.2, 0.25) is 0 Å². The molecule has 2 aromatic rings. The number of hydrogen-bond donors (Lipinski definition) is 1. The van der Waals surface area contributed by atoms with Gasteiger partial charge < -0.3 is 10.2 Å². The maximum Gasteiger partial charge on any atom is 0.257 e. The van der Waals surface area contributed by atoms with Gasteiger partial charge in [0.1, 0.15) is 6.61 Å². The maximum absolute atomic E-state index is 13.1. The normalized spacial score (nSPS) is 18.4. The largest absolute Gasteiger partial charge is 0.396 e. The topological polar surface area (TPSA) is 53.9 Å². The standard InChI is InChI=1S/C28H37N3O2/c1-5-6-14-22(3)29-18-12-19-33-30-23(4)20-25-27(24-15-8-7-9-16-24)31(28(25)32)26-17-11-10-13-21(26)2/h7-11,13,15-17,20,22,27,29H,5-6,12,14,18-19H2,1-4H3/b25-20+,30-23+. The maximum atomic E-state index is 13.1. The van der Waals surface area contributed by atoms with Crippen LogP contribution in [0.5, 0.6) is 0 Å². The van der Waals surface area contributed by atoms with E-state index in [1.807, 2.05) is 67.3 Å². The van der Waals surface area contributed by atoms with Crippen LogP contribution in [0, 0.1) is 6.92 Å². The van der Waals surface area contributed by atoms with Crippen molar-refractivity contribution >= 4 is 17.3 Å². The first-order chi connectivity index (χ1) is 16.0. The van der Waals surface area contributed by atoms with Gasteiger partial charge in [0.15, 0.2) is 0 Å². The van der Waals surface area contributed by atoms with Crippen molar-refractivity contribution < 1.29 is 9.63 Å². The number of anilines is 1. The molecule has 0 saturated carbocycles. The van der Waals surface area contributed by atoms with Gasteiger partial charge in [-0.3, -0.25) is 9.69 Å². The molecule has 1 fully saturated rings. The van der Waals surface area contributed by atoms with Crippen LogP contribution in [0.15, 0.2) is 71.4 Å². The number of allylic oxidation sites excluding steroid dienone is 1. The highest BCUT2D eigenvalue weighted by Gasteiger charge is 2.44. The van der Waals surface area contributed by atoms with E-state index in [-0.39, 0.29) is 11.9 Å². The lowest BCUT2D eigenvalue weighted by molar-refractivity contribution is -0.119. The Kier molecular flexibility index (Phi) is 9.25. The van der Waals surface area contributed by atoms with E-state index in [0.717, 1.165) is 35.4 Å². The van der Waals surface area contributed by atoms with Crippen LogP contribution >= 0.6 is 0 Å². The lowest BCUT2D eigenvalue weighted by atomic mass is 9.86. The Hall–Kier alpha value is -2.92. The minimum absolute atomic E-state index is 0.0120. The molecule has 0 aliphatic carbocycles. The summed E-state index contributed by atoms with van der Waals surface area (Å²) in [5, 5.41) is 7.75. The number of nitrogens with one attached hydrogen (secondary N) is 1. The van der Waals surface area contributed by atoms with Crippen molar-refractivity contribution in [1.29, 1.82) is 0 Å². The number of β-lactam (4-membered cyclic amide) rings is 1. The fraction of sp³-hybridized carbons (Fsp3) is 0.429. The fourth-order valence-electron chi connectivity index (χ4n) is 4.13. The highest BCUT2D eigenvalue weighted by Crippen LogP contribution is 2.44. The van der Waals surface area contributed by atoms with Gasteiger partial charge in [0.05, 0.1) is 11.8 Å².